The quantitative estimate of drug-likeness (QED) is 0.639. The topological polar surface area (TPSA) is 98.8 Å². The van der Waals surface area contributed by atoms with E-state index in [0.29, 0.717) is 49.6 Å². The SMILES string of the molecule is NC(c1cc(Cl)c(Cl)cc1O)C1CCN(C(=O)C2(O)CNC2)CC1. The Bertz CT molecular complexity index is 644. The molecule has 1 atom stereocenters. The molecule has 3 rings (SSSR count). The van der Waals surface area contributed by atoms with E-state index in [2.05, 4.69) is 5.32 Å². The van der Waals surface area contributed by atoms with Gasteiger partial charge in [0.15, 0.2) is 5.60 Å². The largest absolute Gasteiger partial charge is 0.508 e. The summed E-state index contributed by atoms with van der Waals surface area (Å²) in [5, 5.41) is 23.8. The van der Waals surface area contributed by atoms with Gasteiger partial charge in [0, 0.05) is 43.9 Å². The third-order valence-electron chi connectivity index (χ3n) is 5.00. The van der Waals surface area contributed by atoms with Gasteiger partial charge >= 0.3 is 0 Å². The molecule has 132 valence electrons. The number of amides is 1. The molecule has 0 spiro atoms. The van der Waals surface area contributed by atoms with Crippen molar-refractivity contribution < 1.29 is 15.0 Å². The molecule has 1 unspecified atom stereocenters. The van der Waals surface area contributed by atoms with Crippen molar-refractivity contribution in [3.05, 3.63) is 27.7 Å². The number of nitrogens with one attached hydrogen (secondary N) is 1. The number of hydrogen-bond acceptors (Lipinski definition) is 5. The molecule has 2 heterocycles. The van der Waals surface area contributed by atoms with Crippen molar-refractivity contribution in [2.45, 2.75) is 24.5 Å². The molecule has 0 aliphatic carbocycles. The molecule has 2 fully saturated rings. The minimum absolute atomic E-state index is 0.0326. The number of benzene rings is 1. The fourth-order valence-corrected chi connectivity index (χ4v) is 3.67. The van der Waals surface area contributed by atoms with Crippen LogP contribution in [0.15, 0.2) is 12.1 Å². The summed E-state index contributed by atoms with van der Waals surface area (Å²) in [6, 6.07) is 2.62. The normalized spacial score (nSPS) is 22.1. The van der Waals surface area contributed by atoms with Gasteiger partial charge in [0.25, 0.3) is 5.91 Å². The number of carbonyl (C=O) groups excluding carboxylic acids is 1. The number of phenolic OH excluding ortho intramolecular Hbond substituents is 1. The maximum Gasteiger partial charge on any atom is 0.257 e. The summed E-state index contributed by atoms with van der Waals surface area (Å²) in [7, 11) is 0. The fraction of sp³-hybridized carbons (Fsp3) is 0.562. The van der Waals surface area contributed by atoms with Crippen LogP contribution in [0.1, 0.15) is 24.4 Å². The van der Waals surface area contributed by atoms with E-state index in [0.717, 1.165) is 0 Å². The Balaban J connectivity index is 1.64. The number of carbonyl (C=O) groups is 1. The molecule has 0 saturated carbocycles. The van der Waals surface area contributed by atoms with Crippen molar-refractivity contribution in [3.63, 3.8) is 0 Å². The molecule has 2 saturated heterocycles. The van der Waals surface area contributed by atoms with E-state index in [4.69, 9.17) is 28.9 Å². The number of hydrogen-bond donors (Lipinski definition) is 4. The lowest BCUT2D eigenvalue weighted by molar-refractivity contribution is -0.158. The van der Waals surface area contributed by atoms with Crippen molar-refractivity contribution in [1.29, 1.82) is 0 Å². The molecular weight excluding hydrogens is 353 g/mol. The van der Waals surface area contributed by atoms with Crippen molar-refractivity contribution >= 4 is 29.1 Å². The van der Waals surface area contributed by atoms with Crippen molar-refractivity contribution in [2.24, 2.45) is 11.7 Å². The van der Waals surface area contributed by atoms with E-state index in [-0.39, 0.29) is 28.6 Å². The smallest absolute Gasteiger partial charge is 0.257 e. The fourth-order valence-electron chi connectivity index (χ4n) is 3.34. The van der Waals surface area contributed by atoms with Crippen LogP contribution >= 0.6 is 23.2 Å². The maximum atomic E-state index is 12.3. The summed E-state index contributed by atoms with van der Waals surface area (Å²) in [6.07, 6.45) is 1.41. The molecule has 24 heavy (non-hydrogen) atoms. The number of rotatable bonds is 3. The van der Waals surface area contributed by atoms with Gasteiger partial charge in [0.2, 0.25) is 0 Å². The lowest BCUT2D eigenvalue weighted by atomic mass is 9.84. The predicted molar refractivity (Wildman–Crippen MR) is 92.2 cm³/mol. The molecule has 1 amide bonds. The lowest BCUT2D eigenvalue weighted by Gasteiger charge is -2.42. The summed E-state index contributed by atoms with van der Waals surface area (Å²) in [5.74, 6) is -0.0673. The molecule has 0 aromatic heterocycles. The standard InChI is InChI=1S/C16H21Cl2N3O3/c17-11-5-10(13(22)6-12(11)18)14(19)9-1-3-21(4-2-9)15(23)16(24)7-20-8-16/h5-6,9,14,20,22,24H,1-4,7-8,19H2. The summed E-state index contributed by atoms with van der Waals surface area (Å²) in [6.45, 7) is 1.70. The van der Waals surface area contributed by atoms with Crippen LogP contribution in [0.25, 0.3) is 0 Å². The molecule has 2 aliphatic heterocycles. The number of nitrogens with zero attached hydrogens (tertiary/aromatic N) is 1. The molecular formula is C16H21Cl2N3O3. The first-order valence-corrected chi connectivity index (χ1v) is 8.73. The monoisotopic (exact) mass is 373 g/mol. The van der Waals surface area contributed by atoms with Gasteiger partial charge in [-0.1, -0.05) is 23.2 Å². The summed E-state index contributed by atoms with van der Waals surface area (Å²) in [5.41, 5.74) is 5.62. The molecule has 5 N–H and O–H groups in total. The Labute approximate surface area is 150 Å². The van der Waals surface area contributed by atoms with E-state index < -0.39 is 5.60 Å². The van der Waals surface area contributed by atoms with Crippen molar-refractivity contribution in [3.8, 4) is 5.75 Å². The first-order valence-electron chi connectivity index (χ1n) is 7.98. The number of aliphatic hydroxyl groups is 1. The first-order chi connectivity index (χ1) is 11.3. The molecule has 2 aliphatic rings. The zero-order valence-corrected chi connectivity index (χ0v) is 14.6. The highest BCUT2D eigenvalue weighted by atomic mass is 35.5. The van der Waals surface area contributed by atoms with Gasteiger partial charge in [-0.2, -0.15) is 0 Å². The van der Waals surface area contributed by atoms with Crippen LogP contribution in [0.3, 0.4) is 0 Å². The van der Waals surface area contributed by atoms with Crippen LogP contribution in [-0.4, -0.2) is 52.8 Å². The minimum Gasteiger partial charge on any atom is -0.508 e. The first kappa shape index (κ1) is 17.8. The number of aromatic hydroxyl groups is 1. The second kappa shape index (κ2) is 6.69. The molecule has 0 radical (unpaired) electrons. The summed E-state index contributed by atoms with van der Waals surface area (Å²) in [4.78, 5) is 14.0. The van der Waals surface area contributed by atoms with Gasteiger partial charge in [-0.25, -0.2) is 0 Å². The molecule has 8 heteroatoms. The van der Waals surface area contributed by atoms with Gasteiger partial charge in [-0.05, 0) is 24.8 Å². The summed E-state index contributed by atoms with van der Waals surface area (Å²) < 4.78 is 0. The van der Waals surface area contributed by atoms with Crippen molar-refractivity contribution in [1.82, 2.24) is 10.2 Å². The van der Waals surface area contributed by atoms with Crippen LogP contribution in [0.4, 0.5) is 0 Å². The summed E-state index contributed by atoms with van der Waals surface area (Å²) >= 11 is 11.9. The van der Waals surface area contributed by atoms with Crippen LogP contribution in [0.5, 0.6) is 5.75 Å². The van der Waals surface area contributed by atoms with E-state index in [1.807, 2.05) is 0 Å². The van der Waals surface area contributed by atoms with Gasteiger partial charge in [0.05, 0.1) is 10.0 Å². The number of phenols is 1. The Hall–Kier alpha value is -1.05. The zero-order valence-electron chi connectivity index (χ0n) is 13.1. The van der Waals surface area contributed by atoms with Crippen LogP contribution in [0.2, 0.25) is 10.0 Å². The Morgan fingerprint density at radius 2 is 1.88 bits per heavy atom. The second-order valence-corrected chi connectivity index (χ2v) is 7.43. The van der Waals surface area contributed by atoms with E-state index in [9.17, 15) is 15.0 Å². The highest BCUT2D eigenvalue weighted by molar-refractivity contribution is 6.42. The molecule has 1 aromatic rings. The Morgan fingerprint density at radius 1 is 1.29 bits per heavy atom. The van der Waals surface area contributed by atoms with E-state index in [1.165, 1.54) is 6.07 Å². The van der Waals surface area contributed by atoms with Crippen LogP contribution in [0, 0.1) is 5.92 Å². The van der Waals surface area contributed by atoms with Crippen molar-refractivity contribution in [2.75, 3.05) is 26.2 Å². The number of nitrogens with two attached hydrogens (primary N) is 1. The Kier molecular flexibility index (Phi) is 4.95. The molecule has 6 nitrogen and oxygen atoms in total. The van der Waals surface area contributed by atoms with Gasteiger partial charge in [-0.3, -0.25) is 4.79 Å². The van der Waals surface area contributed by atoms with Gasteiger partial charge in [-0.15, -0.1) is 0 Å². The van der Waals surface area contributed by atoms with Crippen LogP contribution < -0.4 is 11.1 Å². The zero-order chi connectivity index (χ0) is 17.5. The average molecular weight is 374 g/mol. The second-order valence-electron chi connectivity index (χ2n) is 6.62. The molecule has 1 aromatic carbocycles. The highest BCUT2D eigenvalue weighted by Crippen LogP contribution is 2.38. The number of halogens is 2. The van der Waals surface area contributed by atoms with Gasteiger partial charge in [0.1, 0.15) is 5.75 Å². The predicted octanol–water partition coefficient (Wildman–Crippen LogP) is 1.27. The number of piperidine rings is 1. The maximum absolute atomic E-state index is 12.3. The van der Waals surface area contributed by atoms with E-state index >= 15 is 0 Å². The molecule has 0 bridgehead atoms. The highest BCUT2D eigenvalue weighted by Gasteiger charge is 2.45. The minimum atomic E-state index is -1.25. The number of likely N-dealkylation sites (tertiary alicyclic amines) is 1. The Morgan fingerprint density at radius 3 is 2.42 bits per heavy atom. The third-order valence-corrected chi connectivity index (χ3v) is 5.72. The average Bonchev–Trinajstić information content (AvgIpc) is 2.55. The number of β-amino-alcohol motifs (C(OH)–C–C–N with tert-alkyl or cyclic N) is 1. The van der Waals surface area contributed by atoms with Gasteiger partial charge < -0.3 is 26.2 Å². The lowest BCUT2D eigenvalue weighted by Crippen LogP contribution is -2.68. The van der Waals surface area contributed by atoms with Crippen LogP contribution in [-0.2, 0) is 4.79 Å². The third kappa shape index (κ3) is 3.21. The van der Waals surface area contributed by atoms with E-state index in [1.54, 1.807) is 11.0 Å².